The summed E-state index contributed by atoms with van der Waals surface area (Å²) < 4.78 is 19.3. The van der Waals surface area contributed by atoms with E-state index >= 15 is 0 Å². The van der Waals surface area contributed by atoms with Crippen LogP contribution in [0.25, 0.3) is 22.2 Å². The first-order valence-corrected chi connectivity index (χ1v) is 10.1. The summed E-state index contributed by atoms with van der Waals surface area (Å²) in [7, 11) is 3.55. The van der Waals surface area contributed by atoms with E-state index < -0.39 is 5.97 Å². The van der Waals surface area contributed by atoms with Gasteiger partial charge >= 0.3 is 5.97 Å². The van der Waals surface area contributed by atoms with Crippen molar-refractivity contribution in [2.75, 3.05) is 24.7 Å². The second kappa shape index (κ2) is 9.01. The Labute approximate surface area is 184 Å². The predicted molar refractivity (Wildman–Crippen MR) is 120 cm³/mol. The van der Waals surface area contributed by atoms with Crippen molar-refractivity contribution in [3.05, 3.63) is 65.7 Å². The molecule has 0 atom stereocenters. The van der Waals surface area contributed by atoms with Gasteiger partial charge in [0.15, 0.2) is 12.4 Å². The molecule has 2 heterocycles. The highest BCUT2D eigenvalue weighted by atomic mass is 19.1. The van der Waals surface area contributed by atoms with Gasteiger partial charge in [-0.15, -0.1) is 0 Å². The molecule has 2 aromatic carbocycles. The fourth-order valence-electron chi connectivity index (χ4n) is 3.46. The molecular weight excluding hydrogens is 411 g/mol. The number of carbonyl (C=O) groups excluding carboxylic acids is 1. The largest absolute Gasteiger partial charge is 0.457 e. The quantitative estimate of drug-likeness (QED) is 0.429. The number of nitrogen functional groups attached to an aromatic ring is 1. The zero-order valence-corrected chi connectivity index (χ0v) is 17.8. The minimum absolute atomic E-state index is 0.0584. The van der Waals surface area contributed by atoms with Gasteiger partial charge in [-0.3, -0.25) is 4.79 Å². The number of nitrogens with two attached hydrogens (primary N) is 1. The second-order valence-electron chi connectivity index (χ2n) is 7.50. The number of esters is 1. The van der Waals surface area contributed by atoms with Gasteiger partial charge in [0.25, 0.3) is 0 Å². The lowest BCUT2D eigenvalue weighted by molar-refractivity contribution is -0.145. The second-order valence-corrected chi connectivity index (χ2v) is 7.50. The lowest BCUT2D eigenvalue weighted by Gasteiger charge is -2.11. The smallest absolute Gasteiger partial charge is 0.306 e. The number of nitrogens with one attached hydrogen (secondary N) is 1. The summed E-state index contributed by atoms with van der Waals surface area (Å²) in [5.74, 6) is -0.0298. The van der Waals surface area contributed by atoms with Crippen LogP contribution in [0.1, 0.15) is 17.8 Å². The SMILES string of the molecule is CN(C)c1nc(N)nc(COC(=O)CCc2c(-c3ccccc3)[nH]c3ccc(F)cc23)n1. The molecule has 0 spiro atoms. The van der Waals surface area contributed by atoms with Crippen molar-refractivity contribution in [2.45, 2.75) is 19.4 Å². The Morgan fingerprint density at radius 2 is 1.91 bits per heavy atom. The Hall–Kier alpha value is -4.01. The molecule has 0 fully saturated rings. The molecule has 0 unspecified atom stereocenters. The van der Waals surface area contributed by atoms with Gasteiger partial charge in [-0.05, 0) is 35.7 Å². The Morgan fingerprint density at radius 3 is 2.66 bits per heavy atom. The Bertz CT molecular complexity index is 1260. The summed E-state index contributed by atoms with van der Waals surface area (Å²) in [6.45, 7) is -0.111. The lowest BCUT2D eigenvalue weighted by Crippen LogP contribution is -2.17. The number of benzene rings is 2. The monoisotopic (exact) mass is 434 g/mol. The first-order valence-electron chi connectivity index (χ1n) is 10.1. The molecule has 9 heteroatoms. The molecule has 164 valence electrons. The fourth-order valence-corrected chi connectivity index (χ4v) is 3.46. The Morgan fingerprint density at radius 1 is 1.12 bits per heavy atom. The van der Waals surface area contributed by atoms with E-state index in [4.69, 9.17) is 10.5 Å². The zero-order valence-electron chi connectivity index (χ0n) is 17.8. The maximum absolute atomic E-state index is 13.9. The summed E-state index contributed by atoms with van der Waals surface area (Å²) in [4.78, 5) is 29.7. The molecule has 0 saturated carbocycles. The van der Waals surface area contributed by atoms with Crippen molar-refractivity contribution in [1.29, 1.82) is 0 Å². The van der Waals surface area contributed by atoms with E-state index in [9.17, 15) is 9.18 Å². The number of hydrogen-bond donors (Lipinski definition) is 2. The van der Waals surface area contributed by atoms with E-state index in [0.29, 0.717) is 12.4 Å². The van der Waals surface area contributed by atoms with E-state index in [1.54, 1.807) is 25.1 Å². The number of ether oxygens (including phenoxy) is 1. The summed E-state index contributed by atoms with van der Waals surface area (Å²) in [6.07, 6.45) is 0.499. The number of nitrogens with zero attached hydrogens (tertiary/aromatic N) is 4. The fraction of sp³-hybridized carbons (Fsp3) is 0.217. The molecule has 4 aromatic rings. The third-order valence-corrected chi connectivity index (χ3v) is 4.96. The van der Waals surface area contributed by atoms with E-state index in [1.165, 1.54) is 12.1 Å². The summed E-state index contributed by atoms with van der Waals surface area (Å²) in [5, 5.41) is 0.748. The standard InChI is InChI=1S/C23H23FN6O2/c1-30(2)23-28-19(27-22(25)29-23)13-32-20(31)11-9-16-17-12-15(24)8-10-18(17)26-21(16)14-6-4-3-5-7-14/h3-8,10,12,26H,9,11,13H2,1-2H3,(H2,25,27,28,29). The van der Waals surface area contributed by atoms with Crippen molar-refractivity contribution >= 4 is 28.8 Å². The highest BCUT2D eigenvalue weighted by molar-refractivity contribution is 5.91. The molecule has 0 aliphatic heterocycles. The van der Waals surface area contributed by atoms with Crippen molar-refractivity contribution in [2.24, 2.45) is 0 Å². The van der Waals surface area contributed by atoms with Gasteiger partial charge in [0.05, 0.1) is 0 Å². The Balaban J connectivity index is 1.50. The third kappa shape index (κ3) is 4.66. The van der Waals surface area contributed by atoms with Gasteiger partial charge in [0.1, 0.15) is 5.82 Å². The number of H-pyrrole nitrogens is 1. The van der Waals surface area contributed by atoms with E-state index in [0.717, 1.165) is 27.7 Å². The van der Waals surface area contributed by atoms with Gasteiger partial charge in [-0.2, -0.15) is 15.0 Å². The summed E-state index contributed by atoms with van der Waals surface area (Å²) in [5.41, 5.74) is 9.20. The van der Waals surface area contributed by atoms with Gasteiger partial charge in [0, 0.05) is 37.1 Å². The predicted octanol–water partition coefficient (Wildman–Crippen LogP) is 3.48. The van der Waals surface area contributed by atoms with E-state index in [2.05, 4.69) is 19.9 Å². The van der Waals surface area contributed by atoms with Crippen LogP contribution in [0.5, 0.6) is 0 Å². The summed E-state index contributed by atoms with van der Waals surface area (Å²) >= 11 is 0. The molecule has 4 rings (SSSR count). The van der Waals surface area contributed by atoms with Crippen LogP contribution in [0.4, 0.5) is 16.3 Å². The van der Waals surface area contributed by atoms with E-state index in [1.807, 2.05) is 30.3 Å². The number of aryl methyl sites for hydroxylation is 1. The molecule has 0 aliphatic carbocycles. The molecular formula is C23H23FN6O2. The number of hydrogen-bond acceptors (Lipinski definition) is 7. The highest BCUT2D eigenvalue weighted by Gasteiger charge is 2.16. The van der Waals surface area contributed by atoms with Crippen molar-refractivity contribution < 1.29 is 13.9 Å². The lowest BCUT2D eigenvalue weighted by atomic mass is 10.0. The molecule has 2 aromatic heterocycles. The average molecular weight is 434 g/mol. The molecule has 0 amide bonds. The van der Waals surface area contributed by atoms with Crippen LogP contribution in [-0.4, -0.2) is 40.0 Å². The van der Waals surface area contributed by atoms with Crippen molar-refractivity contribution in [3.63, 3.8) is 0 Å². The van der Waals surface area contributed by atoms with Crippen LogP contribution in [0.15, 0.2) is 48.5 Å². The number of rotatable bonds is 7. The molecule has 0 saturated heterocycles. The van der Waals surface area contributed by atoms with Crippen molar-refractivity contribution in [1.82, 2.24) is 19.9 Å². The molecule has 0 aliphatic rings. The maximum atomic E-state index is 13.9. The van der Waals surface area contributed by atoms with Crippen LogP contribution in [0.3, 0.4) is 0 Å². The molecule has 0 radical (unpaired) electrons. The maximum Gasteiger partial charge on any atom is 0.306 e. The van der Waals surface area contributed by atoms with Crippen LogP contribution in [0.2, 0.25) is 0 Å². The number of aromatic nitrogens is 4. The molecule has 8 nitrogen and oxygen atoms in total. The minimum atomic E-state index is -0.417. The topological polar surface area (TPSA) is 110 Å². The number of fused-ring (bicyclic) bond motifs is 1. The van der Waals surface area contributed by atoms with Crippen LogP contribution < -0.4 is 10.6 Å². The highest BCUT2D eigenvalue weighted by Crippen LogP contribution is 2.32. The normalized spacial score (nSPS) is 11.0. The molecule has 3 N–H and O–H groups in total. The third-order valence-electron chi connectivity index (χ3n) is 4.96. The van der Waals surface area contributed by atoms with Crippen LogP contribution >= 0.6 is 0 Å². The number of anilines is 2. The van der Waals surface area contributed by atoms with Crippen molar-refractivity contribution in [3.8, 4) is 11.3 Å². The van der Waals surface area contributed by atoms with Crippen LogP contribution in [-0.2, 0) is 22.6 Å². The Kier molecular flexibility index (Phi) is 5.98. The minimum Gasteiger partial charge on any atom is -0.457 e. The number of halogens is 1. The van der Waals surface area contributed by atoms with Gasteiger partial charge in [0.2, 0.25) is 11.9 Å². The van der Waals surface area contributed by atoms with Gasteiger partial charge in [-0.25, -0.2) is 4.39 Å². The molecule has 0 bridgehead atoms. The van der Waals surface area contributed by atoms with Gasteiger partial charge in [-0.1, -0.05) is 30.3 Å². The molecule has 32 heavy (non-hydrogen) atoms. The number of aromatic amines is 1. The first-order chi connectivity index (χ1) is 15.4. The zero-order chi connectivity index (χ0) is 22.7. The van der Waals surface area contributed by atoms with Gasteiger partial charge < -0.3 is 20.4 Å². The van der Waals surface area contributed by atoms with E-state index in [-0.39, 0.29) is 30.6 Å². The average Bonchev–Trinajstić information content (AvgIpc) is 3.14. The summed E-state index contributed by atoms with van der Waals surface area (Å²) in [6, 6.07) is 14.3. The number of carbonyl (C=O) groups is 1. The van der Waals surface area contributed by atoms with Crippen LogP contribution in [0, 0.1) is 5.82 Å². The first kappa shape index (κ1) is 21.2.